The Morgan fingerprint density at radius 3 is 2.48 bits per heavy atom. The molecule has 0 bridgehead atoms. The van der Waals surface area contributed by atoms with Gasteiger partial charge in [-0.25, -0.2) is 4.72 Å². The van der Waals surface area contributed by atoms with Gasteiger partial charge in [-0.15, -0.1) is 0 Å². The number of carbonyl (C=O) groups excluding carboxylic acids is 1. The van der Waals surface area contributed by atoms with Crippen molar-refractivity contribution >= 4 is 16.2 Å². The van der Waals surface area contributed by atoms with Crippen LogP contribution in [0.5, 0.6) is 0 Å². The Labute approximate surface area is 126 Å². The smallest absolute Gasteiger partial charge is 0.309 e. The molecule has 1 rings (SSSR count). The molecule has 3 atom stereocenters. The third-order valence-corrected chi connectivity index (χ3v) is 4.31. The Hall–Kier alpha value is -0.700. The molecule has 0 aromatic carbocycles. The fourth-order valence-corrected chi connectivity index (χ4v) is 3.41. The highest BCUT2D eigenvalue weighted by Crippen LogP contribution is 2.29. The van der Waals surface area contributed by atoms with Gasteiger partial charge in [0.1, 0.15) is 5.60 Å². The monoisotopic (exact) mass is 322 g/mol. The van der Waals surface area contributed by atoms with Gasteiger partial charge in [-0.2, -0.15) is 13.1 Å². The van der Waals surface area contributed by atoms with Gasteiger partial charge < -0.3 is 9.84 Å². The van der Waals surface area contributed by atoms with E-state index >= 15 is 0 Å². The molecule has 124 valence electrons. The predicted octanol–water partition coefficient (Wildman–Crippen LogP) is 0.302. The van der Waals surface area contributed by atoms with Crippen LogP contribution in [0.15, 0.2) is 0 Å². The molecule has 0 heterocycles. The summed E-state index contributed by atoms with van der Waals surface area (Å²) in [4.78, 5) is 12.0. The molecule has 8 heteroatoms. The maximum Gasteiger partial charge on any atom is 0.309 e. The molecule has 0 spiro atoms. The summed E-state index contributed by atoms with van der Waals surface area (Å²) in [5.74, 6) is -0.886. The van der Waals surface area contributed by atoms with Crippen molar-refractivity contribution in [1.82, 2.24) is 9.44 Å². The number of carbonyl (C=O) groups is 1. The van der Waals surface area contributed by atoms with Crippen LogP contribution >= 0.6 is 0 Å². The van der Waals surface area contributed by atoms with E-state index in [1.807, 2.05) is 6.92 Å². The van der Waals surface area contributed by atoms with Gasteiger partial charge in [-0.05, 0) is 40.0 Å². The maximum absolute atomic E-state index is 12.0. The van der Waals surface area contributed by atoms with E-state index in [1.54, 1.807) is 20.8 Å². The number of aliphatic hydroxyl groups excluding tert-OH is 1. The maximum atomic E-state index is 12.0. The van der Waals surface area contributed by atoms with E-state index in [1.165, 1.54) is 0 Å². The zero-order chi connectivity index (χ0) is 16.3. The SMILES string of the molecule is CCCNS(=O)(=O)NC1CC(C(=O)OC(C)(C)C)CC1O. The molecule has 0 saturated heterocycles. The predicted molar refractivity (Wildman–Crippen MR) is 78.7 cm³/mol. The average Bonchev–Trinajstić information content (AvgIpc) is 2.66. The average molecular weight is 322 g/mol. The molecular weight excluding hydrogens is 296 g/mol. The van der Waals surface area contributed by atoms with Gasteiger partial charge in [-0.3, -0.25) is 4.79 Å². The van der Waals surface area contributed by atoms with Gasteiger partial charge in [0.2, 0.25) is 0 Å². The highest BCUT2D eigenvalue weighted by Gasteiger charge is 2.40. The lowest BCUT2D eigenvalue weighted by atomic mass is 10.1. The summed E-state index contributed by atoms with van der Waals surface area (Å²) in [6.07, 6.45) is 0.230. The van der Waals surface area contributed by atoms with Crippen molar-refractivity contribution in [2.45, 2.75) is 64.7 Å². The second kappa shape index (κ2) is 7.04. The number of nitrogens with one attached hydrogen (secondary N) is 2. The van der Waals surface area contributed by atoms with Crippen LogP contribution in [0.25, 0.3) is 0 Å². The van der Waals surface area contributed by atoms with Crippen LogP contribution in [-0.4, -0.2) is 43.8 Å². The fourth-order valence-electron chi connectivity index (χ4n) is 2.20. The van der Waals surface area contributed by atoms with E-state index in [-0.39, 0.29) is 12.8 Å². The van der Waals surface area contributed by atoms with Crippen LogP contribution in [0.1, 0.15) is 47.0 Å². The molecule has 1 saturated carbocycles. The third kappa shape index (κ3) is 6.29. The summed E-state index contributed by atoms with van der Waals surface area (Å²) in [7, 11) is -3.66. The van der Waals surface area contributed by atoms with Crippen molar-refractivity contribution in [3.8, 4) is 0 Å². The lowest BCUT2D eigenvalue weighted by Gasteiger charge is -2.22. The first-order valence-electron chi connectivity index (χ1n) is 7.22. The molecule has 7 nitrogen and oxygen atoms in total. The summed E-state index contributed by atoms with van der Waals surface area (Å²) in [5, 5.41) is 9.93. The van der Waals surface area contributed by atoms with Crippen molar-refractivity contribution in [2.24, 2.45) is 5.92 Å². The van der Waals surface area contributed by atoms with E-state index in [0.29, 0.717) is 13.0 Å². The number of hydrogen-bond donors (Lipinski definition) is 3. The molecule has 0 aliphatic heterocycles. The van der Waals surface area contributed by atoms with Gasteiger partial charge in [-0.1, -0.05) is 6.92 Å². The summed E-state index contributed by atoms with van der Waals surface area (Å²) >= 11 is 0. The van der Waals surface area contributed by atoms with Crippen LogP contribution in [0.3, 0.4) is 0 Å². The molecule has 0 aromatic heterocycles. The van der Waals surface area contributed by atoms with E-state index in [0.717, 1.165) is 0 Å². The van der Waals surface area contributed by atoms with Crippen molar-refractivity contribution in [2.75, 3.05) is 6.54 Å². The number of esters is 1. The Morgan fingerprint density at radius 2 is 1.95 bits per heavy atom. The minimum atomic E-state index is -3.66. The Bertz CT molecular complexity index is 458. The molecule has 1 aliphatic carbocycles. The standard InChI is InChI=1S/C13H26N2O5S/c1-5-6-14-21(18,19)15-10-7-9(8-11(10)16)12(17)20-13(2,3)4/h9-11,14-16H,5-8H2,1-4H3. The summed E-state index contributed by atoms with van der Waals surface area (Å²) in [6, 6.07) is -0.670. The number of aliphatic hydroxyl groups is 1. The Kier molecular flexibility index (Phi) is 6.15. The van der Waals surface area contributed by atoms with E-state index in [2.05, 4.69) is 9.44 Å². The lowest BCUT2D eigenvalue weighted by molar-refractivity contribution is -0.160. The quantitative estimate of drug-likeness (QED) is 0.610. The fraction of sp³-hybridized carbons (Fsp3) is 0.923. The summed E-state index contributed by atoms with van der Waals surface area (Å²) < 4.78 is 33.5. The first-order valence-corrected chi connectivity index (χ1v) is 8.70. The first-order chi connectivity index (χ1) is 9.54. The van der Waals surface area contributed by atoms with Crippen LogP contribution in [0.2, 0.25) is 0 Å². The first kappa shape index (κ1) is 18.3. The summed E-state index contributed by atoms with van der Waals surface area (Å²) in [6.45, 7) is 7.49. The molecule has 0 radical (unpaired) electrons. The van der Waals surface area contributed by atoms with Crippen molar-refractivity contribution in [3.05, 3.63) is 0 Å². The van der Waals surface area contributed by atoms with Crippen LogP contribution in [-0.2, 0) is 19.7 Å². The molecule has 0 amide bonds. The zero-order valence-corrected chi connectivity index (χ0v) is 13.9. The normalized spacial score (nSPS) is 26.8. The molecule has 0 aromatic rings. The lowest BCUT2D eigenvalue weighted by Crippen LogP contribution is -2.46. The minimum absolute atomic E-state index is 0.204. The second-order valence-corrected chi connectivity index (χ2v) is 7.92. The number of ether oxygens (including phenoxy) is 1. The highest BCUT2D eigenvalue weighted by molar-refractivity contribution is 7.87. The Balaban J connectivity index is 2.59. The van der Waals surface area contributed by atoms with Gasteiger partial charge in [0.15, 0.2) is 0 Å². The molecule has 3 unspecified atom stereocenters. The molecule has 1 fully saturated rings. The Morgan fingerprint density at radius 1 is 1.33 bits per heavy atom. The molecular formula is C13H26N2O5S. The van der Waals surface area contributed by atoms with Gasteiger partial charge in [0, 0.05) is 12.6 Å². The van der Waals surface area contributed by atoms with E-state index < -0.39 is 39.8 Å². The topological polar surface area (TPSA) is 105 Å². The van der Waals surface area contributed by atoms with Crippen molar-refractivity contribution in [3.63, 3.8) is 0 Å². The number of hydrogen-bond acceptors (Lipinski definition) is 5. The van der Waals surface area contributed by atoms with Crippen LogP contribution in [0, 0.1) is 5.92 Å². The third-order valence-electron chi connectivity index (χ3n) is 3.12. The van der Waals surface area contributed by atoms with Crippen LogP contribution in [0.4, 0.5) is 0 Å². The highest BCUT2D eigenvalue weighted by atomic mass is 32.2. The zero-order valence-electron chi connectivity index (χ0n) is 13.0. The van der Waals surface area contributed by atoms with Gasteiger partial charge >= 0.3 is 5.97 Å². The molecule has 21 heavy (non-hydrogen) atoms. The van der Waals surface area contributed by atoms with Gasteiger partial charge in [0.05, 0.1) is 12.0 Å². The number of rotatable bonds is 6. The molecule has 1 aliphatic rings. The molecule has 3 N–H and O–H groups in total. The largest absolute Gasteiger partial charge is 0.460 e. The van der Waals surface area contributed by atoms with Gasteiger partial charge in [0.25, 0.3) is 10.2 Å². The second-order valence-electron chi connectivity index (χ2n) is 6.39. The van der Waals surface area contributed by atoms with Crippen molar-refractivity contribution < 1.29 is 23.1 Å². The van der Waals surface area contributed by atoms with Crippen molar-refractivity contribution in [1.29, 1.82) is 0 Å². The summed E-state index contributed by atoms with van der Waals surface area (Å²) in [5.41, 5.74) is -0.595. The van der Waals surface area contributed by atoms with E-state index in [9.17, 15) is 18.3 Å². The van der Waals surface area contributed by atoms with E-state index in [4.69, 9.17) is 4.74 Å². The van der Waals surface area contributed by atoms with Crippen LogP contribution < -0.4 is 9.44 Å². The minimum Gasteiger partial charge on any atom is -0.460 e.